The fourth-order valence-electron chi connectivity index (χ4n) is 3.17. The molecule has 0 saturated heterocycles. The van der Waals surface area contributed by atoms with Crippen LogP contribution in [0.2, 0.25) is 0 Å². The van der Waals surface area contributed by atoms with Gasteiger partial charge >= 0.3 is 0 Å². The number of rotatable bonds is 7. The first-order chi connectivity index (χ1) is 10.3. The molecule has 0 amide bonds. The molecule has 1 unspecified atom stereocenters. The Kier molecular flexibility index (Phi) is 7.08. The monoisotopic (exact) mass is 289 g/mol. The lowest BCUT2D eigenvalue weighted by Gasteiger charge is -2.20. The van der Waals surface area contributed by atoms with E-state index in [0.717, 1.165) is 18.7 Å². The van der Waals surface area contributed by atoms with Crippen LogP contribution < -0.4 is 10.1 Å². The molecule has 2 rings (SSSR count). The van der Waals surface area contributed by atoms with E-state index in [0.29, 0.717) is 12.1 Å². The average Bonchev–Trinajstić information content (AvgIpc) is 2.77. The van der Waals surface area contributed by atoms with E-state index in [4.69, 9.17) is 4.74 Å². The maximum absolute atomic E-state index is 6.25. The Balaban J connectivity index is 1.98. The van der Waals surface area contributed by atoms with Crippen molar-refractivity contribution < 1.29 is 4.74 Å². The summed E-state index contributed by atoms with van der Waals surface area (Å²) in [6, 6.07) is 9.15. The predicted molar refractivity (Wildman–Crippen MR) is 89.9 cm³/mol. The third kappa shape index (κ3) is 5.35. The smallest absolute Gasteiger partial charge is 0.120 e. The van der Waals surface area contributed by atoms with Crippen LogP contribution >= 0.6 is 0 Å². The quantitative estimate of drug-likeness (QED) is 0.693. The Hall–Kier alpha value is -1.02. The summed E-state index contributed by atoms with van der Waals surface area (Å²) in [4.78, 5) is 0. The van der Waals surface area contributed by atoms with Crippen LogP contribution in [0.5, 0.6) is 5.75 Å². The third-order valence-electron chi connectivity index (χ3n) is 4.41. The molecule has 1 fully saturated rings. The Labute approximate surface area is 130 Å². The zero-order valence-electron chi connectivity index (χ0n) is 13.7. The normalized spacial score (nSPS) is 18.2. The molecule has 21 heavy (non-hydrogen) atoms. The van der Waals surface area contributed by atoms with Crippen LogP contribution in [0, 0.1) is 0 Å². The molecule has 1 N–H and O–H groups in total. The van der Waals surface area contributed by atoms with Gasteiger partial charge in [-0.15, -0.1) is 0 Å². The zero-order valence-corrected chi connectivity index (χ0v) is 13.7. The van der Waals surface area contributed by atoms with Crippen molar-refractivity contribution in [3.05, 3.63) is 29.8 Å². The van der Waals surface area contributed by atoms with E-state index in [1.807, 2.05) is 0 Å². The molecule has 1 aromatic rings. The van der Waals surface area contributed by atoms with Crippen LogP contribution in [0.3, 0.4) is 0 Å². The molecule has 0 radical (unpaired) electrons. The standard InChI is InChI=1S/C19H31NO/c1-3-14-20-19(4-2)16-10-9-13-18(15-16)21-17-11-7-5-6-8-12-17/h9-10,13,15,17,19-20H,3-8,11-12,14H2,1-2H3. The fraction of sp³-hybridized carbons (Fsp3) is 0.684. The molecule has 1 atom stereocenters. The van der Waals surface area contributed by atoms with Crippen LogP contribution in [-0.4, -0.2) is 12.6 Å². The number of ether oxygens (including phenoxy) is 1. The van der Waals surface area contributed by atoms with E-state index < -0.39 is 0 Å². The minimum absolute atomic E-state index is 0.423. The van der Waals surface area contributed by atoms with Crippen LogP contribution in [0.1, 0.15) is 76.8 Å². The van der Waals surface area contributed by atoms with Gasteiger partial charge in [-0.2, -0.15) is 0 Å². The molecule has 0 heterocycles. The highest BCUT2D eigenvalue weighted by Crippen LogP contribution is 2.26. The van der Waals surface area contributed by atoms with Gasteiger partial charge in [0.15, 0.2) is 0 Å². The van der Waals surface area contributed by atoms with E-state index in [2.05, 4.69) is 43.4 Å². The van der Waals surface area contributed by atoms with Crippen LogP contribution in [0.25, 0.3) is 0 Å². The Morgan fingerprint density at radius 2 is 1.90 bits per heavy atom. The largest absolute Gasteiger partial charge is 0.490 e. The molecule has 118 valence electrons. The van der Waals surface area contributed by atoms with Gasteiger partial charge in [-0.1, -0.05) is 38.8 Å². The summed E-state index contributed by atoms with van der Waals surface area (Å²) in [5, 5.41) is 3.62. The Morgan fingerprint density at radius 1 is 1.14 bits per heavy atom. The van der Waals surface area contributed by atoms with Gasteiger partial charge in [-0.3, -0.25) is 0 Å². The lowest BCUT2D eigenvalue weighted by molar-refractivity contribution is 0.183. The fourth-order valence-corrected chi connectivity index (χ4v) is 3.17. The molecule has 0 aliphatic heterocycles. The minimum Gasteiger partial charge on any atom is -0.490 e. The Morgan fingerprint density at radius 3 is 2.57 bits per heavy atom. The summed E-state index contributed by atoms with van der Waals surface area (Å²) < 4.78 is 6.25. The van der Waals surface area contributed by atoms with Gasteiger partial charge in [0.1, 0.15) is 5.75 Å². The molecule has 1 saturated carbocycles. The number of hydrogen-bond donors (Lipinski definition) is 1. The third-order valence-corrected chi connectivity index (χ3v) is 4.41. The number of nitrogens with one attached hydrogen (secondary N) is 1. The van der Waals surface area contributed by atoms with Crippen molar-refractivity contribution in [3.8, 4) is 5.75 Å². The molecular formula is C19H31NO. The van der Waals surface area contributed by atoms with Crippen molar-refractivity contribution in [1.82, 2.24) is 5.32 Å². The molecule has 1 aromatic carbocycles. The highest BCUT2D eigenvalue weighted by Gasteiger charge is 2.15. The summed E-state index contributed by atoms with van der Waals surface area (Å²) >= 11 is 0. The molecule has 2 heteroatoms. The second kappa shape index (κ2) is 9.09. The second-order valence-electron chi connectivity index (χ2n) is 6.22. The van der Waals surface area contributed by atoms with Gasteiger partial charge < -0.3 is 10.1 Å². The van der Waals surface area contributed by atoms with Gasteiger partial charge in [-0.25, -0.2) is 0 Å². The highest BCUT2D eigenvalue weighted by atomic mass is 16.5. The number of hydrogen-bond acceptors (Lipinski definition) is 2. The lowest BCUT2D eigenvalue weighted by Crippen LogP contribution is -2.21. The van der Waals surface area contributed by atoms with Crippen molar-refractivity contribution in [2.45, 2.75) is 77.4 Å². The van der Waals surface area contributed by atoms with Crippen molar-refractivity contribution in [2.75, 3.05) is 6.54 Å². The highest BCUT2D eigenvalue weighted by molar-refractivity contribution is 5.30. The van der Waals surface area contributed by atoms with Crippen molar-refractivity contribution in [2.24, 2.45) is 0 Å². The first-order valence-electron chi connectivity index (χ1n) is 8.83. The van der Waals surface area contributed by atoms with Gasteiger partial charge in [-0.05, 0) is 62.8 Å². The molecule has 0 spiro atoms. The van der Waals surface area contributed by atoms with Gasteiger partial charge in [0.2, 0.25) is 0 Å². The van der Waals surface area contributed by atoms with Crippen LogP contribution in [-0.2, 0) is 0 Å². The van der Waals surface area contributed by atoms with Crippen molar-refractivity contribution in [1.29, 1.82) is 0 Å². The van der Waals surface area contributed by atoms with E-state index in [-0.39, 0.29) is 0 Å². The zero-order chi connectivity index (χ0) is 14.9. The van der Waals surface area contributed by atoms with Gasteiger partial charge in [0.05, 0.1) is 6.10 Å². The first kappa shape index (κ1) is 16.4. The Bertz CT molecular complexity index is 396. The van der Waals surface area contributed by atoms with Crippen molar-refractivity contribution >= 4 is 0 Å². The molecule has 0 bridgehead atoms. The molecule has 1 aliphatic carbocycles. The molecule has 2 nitrogen and oxygen atoms in total. The van der Waals surface area contributed by atoms with Gasteiger partial charge in [0, 0.05) is 6.04 Å². The topological polar surface area (TPSA) is 21.3 Å². The summed E-state index contributed by atoms with van der Waals surface area (Å²) in [6.45, 7) is 5.53. The predicted octanol–water partition coefficient (Wildman–Crippen LogP) is 5.24. The first-order valence-corrected chi connectivity index (χ1v) is 8.83. The second-order valence-corrected chi connectivity index (χ2v) is 6.22. The maximum Gasteiger partial charge on any atom is 0.120 e. The van der Waals surface area contributed by atoms with E-state index >= 15 is 0 Å². The summed E-state index contributed by atoms with van der Waals surface area (Å²) in [7, 11) is 0. The van der Waals surface area contributed by atoms with E-state index in [1.165, 1.54) is 50.5 Å². The molecule has 0 aromatic heterocycles. The maximum atomic E-state index is 6.25. The summed E-state index contributed by atoms with van der Waals surface area (Å²) in [5.41, 5.74) is 1.36. The lowest BCUT2D eigenvalue weighted by atomic mass is 10.0. The van der Waals surface area contributed by atoms with Crippen LogP contribution in [0.4, 0.5) is 0 Å². The average molecular weight is 289 g/mol. The van der Waals surface area contributed by atoms with E-state index in [9.17, 15) is 0 Å². The molecule has 1 aliphatic rings. The van der Waals surface area contributed by atoms with Crippen molar-refractivity contribution in [3.63, 3.8) is 0 Å². The SMILES string of the molecule is CCCNC(CC)c1cccc(OC2CCCCCC2)c1. The van der Waals surface area contributed by atoms with Crippen LogP contribution in [0.15, 0.2) is 24.3 Å². The summed E-state index contributed by atoms with van der Waals surface area (Å²) in [6.07, 6.45) is 10.5. The number of benzene rings is 1. The van der Waals surface area contributed by atoms with Gasteiger partial charge in [0.25, 0.3) is 0 Å². The van der Waals surface area contributed by atoms with E-state index in [1.54, 1.807) is 0 Å². The minimum atomic E-state index is 0.423. The summed E-state index contributed by atoms with van der Waals surface area (Å²) in [5.74, 6) is 1.05. The molecular weight excluding hydrogens is 258 g/mol.